The molecule has 0 aliphatic heterocycles. The first kappa shape index (κ1) is 16.8. The van der Waals surface area contributed by atoms with Crippen LogP contribution in [0.2, 0.25) is 5.02 Å². The molecule has 2 amide bonds. The summed E-state index contributed by atoms with van der Waals surface area (Å²) < 4.78 is 0. The Kier molecular flexibility index (Phi) is 5.80. The van der Waals surface area contributed by atoms with Crippen molar-refractivity contribution in [1.82, 2.24) is 10.2 Å². The Morgan fingerprint density at radius 2 is 1.82 bits per heavy atom. The average molecular weight is 324 g/mol. The summed E-state index contributed by atoms with van der Waals surface area (Å²) in [7, 11) is 1.75. The van der Waals surface area contributed by atoms with E-state index in [1.54, 1.807) is 36.2 Å². The van der Waals surface area contributed by atoms with Gasteiger partial charge >= 0.3 is 0 Å². The van der Waals surface area contributed by atoms with Crippen LogP contribution < -0.4 is 10.6 Å². The maximum absolute atomic E-state index is 11.9. The highest BCUT2D eigenvalue weighted by Gasteiger charge is 2.28. The quantitative estimate of drug-likeness (QED) is 0.808. The van der Waals surface area contributed by atoms with Crippen molar-refractivity contribution in [2.24, 2.45) is 5.92 Å². The van der Waals surface area contributed by atoms with Crippen LogP contribution in [0, 0.1) is 5.92 Å². The van der Waals surface area contributed by atoms with E-state index in [0.29, 0.717) is 16.6 Å². The molecule has 2 rings (SSSR count). The second kappa shape index (κ2) is 7.61. The van der Waals surface area contributed by atoms with E-state index in [-0.39, 0.29) is 30.9 Å². The Bertz CT molecular complexity index is 529. The molecule has 1 aromatic carbocycles. The highest BCUT2D eigenvalue weighted by atomic mass is 35.5. The van der Waals surface area contributed by atoms with Crippen LogP contribution in [0.5, 0.6) is 0 Å². The van der Waals surface area contributed by atoms with E-state index in [4.69, 9.17) is 11.6 Å². The van der Waals surface area contributed by atoms with Crippen LogP contribution >= 0.6 is 11.6 Å². The maximum atomic E-state index is 11.9. The largest absolute Gasteiger partial charge is 0.352 e. The molecule has 1 fully saturated rings. The predicted octanol–water partition coefficient (Wildman–Crippen LogP) is 2.12. The van der Waals surface area contributed by atoms with Crippen LogP contribution in [0.1, 0.15) is 19.8 Å². The second-order valence-electron chi connectivity index (χ2n) is 5.92. The summed E-state index contributed by atoms with van der Waals surface area (Å²) in [5.41, 5.74) is 0.689. The molecule has 1 aromatic rings. The monoisotopic (exact) mass is 323 g/mol. The van der Waals surface area contributed by atoms with E-state index in [9.17, 15) is 9.59 Å². The molecule has 0 bridgehead atoms. The van der Waals surface area contributed by atoms with Gasteiger partial charge in [0.2, 0.25) is 11.8 Å². The summed E-state index contributed by atoms with van der Waals surface area (Å²) in [5, 5.41) is 6.37. The van der Waals surface area contributed by atoms with Crippen molar-refractivity contribution in [3.63, 3.8) is 0 Å². The second-order valence-corrected chi connectivity index (χ2v) is 6.36. The first-order valence-corrected chi connectivity index (χ1v) is 7.85. The molecule has 1 aliphatic carbocycles. The van der Waals surface area contributed by atoms with Crippen molar-refractivity contribution in [3.05, 3.63) is 29.3 Å². The van der Waals surface area contributed by atoms with Crippen LogP contribution in [-0.4, -0.2) is 42.9 Å². The van der Waals surface area contributed by atoms with Crippen LogP contribution in [0.4, 0.5) is 5.69 Å². The normalized spacial score (nSPS) is 15.5. The lowest BCUT2D eigenvalue weighted by Crippen LogP contribution is -2.42. The highest BCUT2D eigenvalue weighted by Crippen LogP contribution is 2.32. The summed E-state index contributed by atoms with van der Waals surface area (Å²) in [6.45, 7) is 2.40. The minimum atomic E-state index is -0.159. The number of anilines is 1. The third kappa shape index (κ3) is 5.66. The smallest absolute Gasteiger partial charge is 0.238 e. The summed E-state index contributed by atoms with van der Waals surface area (Å²) in [4.78, 5) is 25.5. The lowest BCUT2D eigenvalue weighted by molar-refractivity contribution is -0.123. The summed E-state index contributed by atoms with van der Waals surface area (Å²) in [5.74, 6) is 0.427. The van der Waals surface area contributed by atoms with Gasteiger partial charge in [0.15, 0.2) is 0 Å². The fraction of sp³-hybridized carbons (Fsp3) is 0.500. The van der Waals surface area contributed by atoms with Gasteiger partial charge in [-0.1, -0.05) is 11.6 Å². The molecule has 0 spiro atoms. The topological polar surface area (TPSA) is 61.4 Å². The van der Waals surface area contributed by atoms with Crippen LogP contribution in [0.15, 0.2) is 24.3 Å². The maximum Gasteiger partial charge on any atom is 0.238 e. The number of benzene rings is 1. The molecular formula is C16H22ClN3O2. The van der Waals surface area contributed by atoms with Gasteiger partial charge in [-0.25, -0.2) is 0 Å². The molecule has 22 heavy (non-hydrogen) atoms. The number of likely N-dealkylation sites (N-methyl/N-ethyl adjacent to an activating group) is 1. The Morgan fingerprint density at radius 1 is 1.23 bits per heavy atom. The number of nitrogens with one attached hydrogen (secondary N) is 2. The fourth-order valence-corrected chi connectivity index (χ4v) is 2.42. The fourth-order valence-electron chi connectivity index (χ4n) is 2.29. The van der Waals surface area contributed by atoms with Crippen molar-refractivity contribution in [1.29, 1.82) is 0 Å². The Labute approximate surface area is 136 Å². The Hall–Kier alpha value is -1.59. The first-order valence-electron chi connectivity index (χ1n) is 7.47. The average Bonchev–Trinajstić information content (AvgIpc) is 3.25. The van der Waals surface area contributed by atoms with Gasteiger partial charge in [-0.05, 0) is 57.0 Å². The summed E-state index contributed by atoms with van der Waals surface area (Å²) in [6, 6.07) is 7.14. The number of hydrogen-bond acceptors (Lipinski definition) is 3. The van der Waals surface area contributed by atoms with Gasteiger partial charge in [0.1, 0.15) is 0 Å². The Balaban J connectivity index is 1.71. The van der Waals surface area contributed by atoms with Gasteiger partial charge < -0.3 is 10.6 Å². The predicted molar refractivity (Wildman–Crippen MR) is 87.9 cm³/mol. The number of carbonyl (C=O) groups excluding carboxylic acids is 2. The molecule has 0 saturated heterocycles. The number of nitrogens with zero attached hydrogens (tertiary/aromatic N) is 1. The molecule has 2 N–H and O–H groups in total. The third-order valence-corrected chi connectivity index (χ3v) is 3.92. The molecule has 1 saturated carbocycles. The van der Waals surface area contributed by atoms with E-state index in [1.165, 1.54) is 12.8 Å². The zero-order valence-corrected chi connectivity index (χ0v) is 13.7. The van der Waals surface area contributed by atoms with Gasteiger partial charge in [0, 0.05) is 16.8 Å². The van der Waals surface area contributed by atoms with Gasteiger partial charge in [-0.2, -0.15) is 0 Å². The van der Waals surface area contributed by atoms with Gasteiger partial charge in [0.25, 0.3) is 0 Å². The van der Waals surface area contributed by atoms with Gasteiger partial charge in [0.05, 0.1) is 13.1 Å². The van der Waals surface area contributed by atoms with Gasteiger partial charge in [-0.15, -0.1) is 0 Å². The zero-order valence-electron chi connectivity index (χ0n) is 12.9. The number of amides is 2. The molecule has 5 nitrogen and oxygen atoms in total. The highest BCUT2D eigenvalue weighted by molar-refractivity contribution is 6.30. The lowest BCUT2D eigenvalue weighted by atomic mass is 10.2. The number of carbonyl (C=O) groups is 2. The zero-order chi connectivity index (χ0) is 16.1. The summed E-state index contributed by atoms with van der Waals surface area (Å²) in [6.07, 6.45) is 2.39. The van der Waals surface area contributed by atoms with Crippen LogP contribution in [0.3, 0.4) is 0 Å². The molecule has 120 valence electrons. The molecule has 1 atom stereocenters. The molecule has 0 heterocycles. The van der Waals surface area contributed by atoms with Crippen molar-refractivity contribution in [2.75, 3.05) is 25.5 Å². The third-order valence-electron chi connectivity index (χ3n) is 3.67. The number of rotatable bonds is 7. The van der Waals surface area contributed by atoms with Crippen LogP contribution in [-0.2, 0) is 9.59 Å². The molecule has 0 unspecified atom stereocenters. The van der Waals surface area contributed by atoms with E-state index in [2.05, 4.69) is 10.6 Å². The Morgan fingerprint density at radius 3 is 2.41 bits per heavy atom. The molecule has 6 heteroatoms. The summed E-state index contributed by atoms with van der Waals surface area (Å²) >= 11 is 5.79. The van der Waals surface area contributed by atoms with Crippen LogP contribution in [0.25, 0.3) is 0 Å². The standard InChI is InChI=1S/C16H22ClN3O2/c1-11(12-3-4-12)18-15(21)9-20(2)10-16(22)19-14-7-5-13(17)6-8-14/h5-8,11-12H,3-4,9-10H2,1-2H3,(H,18,21)(H,19,22)/t11-/m1/s1. The van der Waals surface area contributed by atoms with Crippen molar-refractivity contribution < 1.29 is 9.59 Å². The van der Waals surface area contributed by atoms with Crippen molar-refractivity contribution >= 4 is 29.1 Å². The minimum absolute atomic E-state index is 0.0406. The minimum Gasteiger partial charge on any atom is -0.352 e. The first-order chi connectivity index (χ1) is 10.4. The van der Waals surface area contributed by atoms with E-state index < -0.39 is 0 Å². The van der Waals surface area contributed by atoms with Crippen molar-refractivity contribution in [3.8, 4) is 0 Å². The molecular weight excluding hydrogens is 302 g/mol. The van der Waals surface area contributed by atoms with E-state index in [1.807, 2.05) is 6.92 Å². The lowest BCUT2D eigenvalue weighted by Gasteiger charge is -2.18. The molecule has 0 aromatic heterocycles. The SMILES string of the molecule is C[C@@H](NC(=O)CN(C)CC(=O)Nc1ccc(Cl)cc1)C1CC1. The molecule has 1 aliphatic rings. The molecule has 0 radical (unpaired) electrons. The number of halogens is 1. The van der Waals surface area contributed by atoms with Gasteiger partial charge in [-0.3, -0.25) is 14.5 Å². The number of hydrogen-bond donors (Lipinski definition) is 2. The van der Waals surface area contributed by atoms with E-state index in [0.717, 1.165) is 0 Å². The van der Waals surface area contributed by atoms with Crippen molar-refractivity contribution in [2.45, 2.75) is 25.8 Å². The van der Waals surface area contributed by atoms with E-state index >= 15 is 0 Å².